The molecule has 1 aliphatic rings. The molecule has 2 atom stereocenters. The Hall–Kier alpha value is -2.90. The Morgan fingerprint density at radius 3 is 2.32 bits per heavy atom. The smallest absolute Gasteiger partial charge is 0.339 e. The Labute approximate surface area is 144 Å². The Kier molecular flexibility index (Phi) is 5.74. The third-order valence-electron chi connectivity index (χ3n) is 3.88. The van der Waals surface area contributed by atoms with Crippen LogP contribution >= 0.6 is 0 Å². The van der Waals surface area contributed by atoms with E-state index in [1.165, 1.54) is 32.4 Å². The normalized spacial score (nSPS) is 18.0. The molecule has 8 nitrogen and oxygen atoms in total. The van der Waals surface area contributed by atoms with Crippen molar-refractivity contribution >= 4 is 29.5 Å². The van der Waals surface area contributed by atoms with Crippen LogP contribution in [0.1, 0.15) is 34.1 Å². The molecule has 1 fully saturated rings. The highest BCUT2D eigenvalue weighted by atomic mass is 16.5. The fourth-order valence-electron chi connectivity index (χ4n) is 2.26. The second-order valence-electron chi connectivity index (χ2n) is 5.72. The molecule has 0 unspecified atom stereocenters. The number of carbonyl (C=O) groups is 4. The van der Waals surface area contributed by atoms with Crippen LogP contribution in [0, 0.1) is 11.8 Å². The van der Waals surface area contributed by atoms with E-state index in [-0.39, 0.29) is 28.7 Å². The van der Waals surface area contributed by atoms with Gasteiger partial charge < -0.3 is 19.5 Å². The monoisotopic (exact) mass is 349 g/mol. The quantitative estimate of drug-likeness (QED) is 0.611. The summed E-state index contributed by atoms with van der Waals surface area (Å²) in [6, 6.07) is 4.01. The second kappa shape index (κ2) is 7.78. The molecule has 1 aromatic rings. The summed E-state index contributed by atoms with van der Waals surface area (Å²) < 4.78 is 14.2. The van der Waals surface area contributed by atoms with E-state index in [0.29, 0.717) is 0 Å². The maximum atomic E-state index is 12.0. The number of esters is 3. The van der Waals surface area contributed by atoms with Crippen LogP contribution in [0.4, 0.5) is 5.69 Å². The number of methoxy groups -OCH3 is 2. The van der Waals surface area contributed by atoms with Crippen LogP contribution in [-0.4, -0.2) is 44.6 Å². The van der Waals surface area contributed by atoms with Gasteiger partial charge in [-0.2, -0.15) is 0 Å². The van der Waals surface area contributed by atoms with Crippen molar-refractivity contribution in [1.29, 1.82) is 0 Å². The lowest BCUT2D eigenvalue weighted by molar-refractivity contribution is -0.148. The lowest BCUT2D eigenvalue weighted by Crippen LogP contribution is -2.23. The Morgan fingerprint density at radius 1 is 1.12 bits per heavy atom. The molecule has 0 heterocycles. The van der Waals surface area contributed by atoms with Crippen molar-refractivity contribution in [3.8, 4) is 0 Å². The summed E-state index contributed by atoms with van der Waals surface area (Å²) in [6.45, 7) is 1.44. The number of benzene rings is 1. The van der Waals surface area contributed by atoms with Gasteiger partial charge in [0.2, 0.25) is 0 Å². The highest BCUT2D eigenvalue weighted by molar-refractivity contribution is 6.04. The molecule has 25 heavy (non-hydrogen) atoms. The number of rotatable bonds is 6. The molecule has 0 spiro atoms. The molecule has 1 aromatic carbocycles. The standard InChI is InChI=1S/C17H19NO7/c1-9-6-12(9)17(22)25-8-14(19)18-13-7-10(15(20)23-2)4-5-11(13)16(21)24-3/h4-5,7,9,12H,6,8H2,1-3H3,(H,18,19)/t9-,12-/m1/s1. The van der Waals surface area contributed by atoms with E-state index in [1.54, 1.807) is 0 Å². The van der Waals surface area contributed by atoms with Crippen LogP contribution in [0.2, 0.25) is 0 Å². The van der Waals surface area contributed by atoms with Crippen molar-refractivity contribution in [3.63, 3.8) is 0 Å². The first-order chi connectivity index (χ1) is 11.9. The highest BCUT2D eigenvalue weighted by Crippen LogP contribution is 2.38. The molecular weight excluding hydrogens is 330 g/mol. The van der Waals surface area contributed by atoms with Crippen molar-refractivity contribution < 1.29 is 33.4 Å². The molecule has 1 saturated carbocycles. The lowest BCUT2D eigenvalue weighted by Gasteiger charge is -2.11. The summed E-state index contributed by atoms with van der Waals surface area (Å²) in [5.41, 5.74) is 0.274. The Morgan fingerprint density at radius 2 is 1.76 bits per heavy atom. The van der Waals surface area contributed by atoms with Gasteiger partial charge in [0.1, 0.15) is 0 Å². The Balaban J connectivity index is 2.09. The van der Waals surface area contributed by atoms with E-state index in [4.69, 9.17) is 4.74 Å². The van der Waals surface area contributed by atoms with E-state index >= 15 is 0 Å². The lowest BCUT2D eigenvalue weighted by atomic mass is 10.1. The van der Waals surface area contributed by atoms with Gasteiger partial charge in [0.05, 0.1) is 37.0 Å². The first-order valence-electron chi connectivity index (χ1n) is 7.64. The summed E-state index contributed by atoms with van der Waals surface area (Å²) in [5.74, 6) is -2.23. The van der Waals surface area contributed by atoms with Gasteiger partial charge in [-0.1, -0.05) is 6.92 Å². The molecule has 1 amide bonds. The molecule has 0 radical (unpaired) electrons. The van der Waals surface area contributed by atoms with E-state index < -0.39 is 30.4 Å². The molecule has 0 bridgehead atoms. The third kappa shape index (κ3) is 4.56. The van der Waals surface area contributed by atoms with Crippen LogP contribution in [0.25, 0.3) is 0 Å². The first-order valence-corrected chi connectivity index (χ1v) is 7.64. The summed E-state index contributed by atoms with van der Waals surface area (Å²) in [7, 11) is 2.41. The molecular formula is C17H19NO7. The zero-order valence-corrected chi connectivity index (χ0v) is 14.2. The van der Waals surface area contributed by atoms with Gasteiger partial charge in [-0.15, -0.1) is 0 Å². The average Bonchev–Trinajstić information content (AvgIpc) is 3.35. The van der Waals surface area contributed by atoms with Gasteiger partial charge in [0.25, 0.3) is 5.91 Å². The van der Waals surface area contributed by atoms with E-state index in [2.05, 4.69) is 14.8 Å². The van der Waals surface area contributed by atoms with E-state index in [9.17, 15) is 19.2 Å². The minimum Gasteiger partial charge on any atom is -0.465 e. The molecule has 1 aliphatic carbocycles. The zero-order valence-electron chi connectivity index (χ0n) is 14.2. The van der Waals surface area contributed by atoms with Gasteiger partial charge >= 0.3 is 17.9 Å². The van der Waals surface area contributed by atoms with Gasteiger partial charge in [0.15, 0.2) is 6.61 Å². The molecule has 8 heteroatoms. The van der Waals surface area contributed by atoms with Crippen LogP contribution < -0.4 is 5.32 Å². The van der Waals surface area contributed by atoms with Crippen LogP contribution in [0.3, 0.4) is 0 Å². The molecule has 0 saturated heterocycles. The van der Waals surface area contributed by atoms with Crippen molar-refractivity contribution in [2.24, 2.45) is 11.8 Å². The number of nitrogens with one attached hydrogen (secondary N) is 1. The number of carbonyl (C=O) groups excluding carboxylic acids is 4. The van der Waals surface area contributed by atoms with Crippen molar-refractivity contribution in [3.05, 3.63) is 29.3 Å². The molecule has 2 rings (SSSR count). The number of anilines is 1. The summed E-state index contributed by atoms with van der Waals surface area (Å²) in [6.07, 6.45) is 0.758. The summed E-state index contributed by atoms with van der Waals surface area (Å²) >= 11 is 0. The number of amides is 1. The molecule has 0 aromatic heterocycles. The number of hydrogen-bond donors (Lipinski definition) is 1. The van der Waals surface area contributed by atoms with Crippen LogP contribution in [-0.2, 0) is 23.8 Å². The van der Waals surface area contributed by atoms with Crippen molar-refractivity contribution in [2.45, 2.75) is 13.3 Å². The second-order valence-corrected chi connectivity index (χ2v) is 5.72. The topological polar surface area (TPSA) is 108 Å². The minimum absolute atomic E-state index is 0.0608. The molecule has 1 N–H and O–H groups in total. The molecule has 0 aliphatic heterocycles. The summed E-state index contributed by atoms with van der Waals surface area (Å²) in [5, 5.41) is 2.45. The van der Waals surface area contributed by atoms with Crippen LogP contribution in [0.15, 0.2) is 18.2 Å². The van der Waals surface area contributed by atoms with Gasteiger partial charge in [-0.05, 0) is 30.5 Å². The number of ether oxygens (including phenoxy) is 3. The van der Waals surface area contributed by atoms with Gasteiger partial charge in [-0.3, -0.25) is 9.59 Å². The predicted molar refractivity (Wildman–Crippen MR) is 86.0 cm³/mol. The fourth-order valence-corrected chi connectivity index (χ4v) is 2.26. The van der Waals surface area contributed by atoms with Crippen molar-refractivity contribution in [1.82, 2.24) is 0 Å². The Bertz CT molecular complexity index is 713. The highest BCUT2D eigenvalue weighted by Gasteiger charge is 2.40. The van der Waals surface area contributed by atoms with Gasteiger partial charge in [0, 0.05) is 0 Å². The first kappa shape index (κ1) is 18.4. The maximum absolute atomic E-state index is 12.0. The zero-order chi connectivity index (χ0) is 18.6. The molecule has 134 valence electrons. The number of hydrogen-bond acceptors (Lipinski definition) is 7. The van der Waals surface area contributed by atoms with E-state index in [1.807, 2.05) is 6.92 Å². The minimum atomic E-state index is -0.685. The summed E-state index contributed by atoms with van der Waals surface area (Å²) in [4.78, 5) is 47.0. The third-order valence-corrected chi connectivity index (χ3v) is 3.88. The fraction of sp³-hybridized carbons (Fsp3) is 0.412. The predicted octanol–water partition coefficient (Wildman–Crippen LogP) is 1.40. The maximum Gasteiger partial charge on any atom is 0.339 e. The van der Waals surface area contributed by atoms with Crippen molar-refractivity contribution in [2.75, 3.05) is 26.1 Å². The SMILES string of the molecule is COC(=O)c1ccc(C(=O)OC)c(NC(=O)COC(=O)[C@@H]2C[C@H]2C)c1. The average molecular weight is 349 g/mol. The largest absolute Gasteiger partial charge is 0.465 e. The van der Waals surface area contributed by atoms with Crippen LogP contribution in [0.5, 0.6) is 0 Å². The van der Waals surface area contributed by atoms with Gasteiger partial charge in [-0.25, -0.2) is 9.59 Å². The van der Waals surface area contributed by atoms with E-state index in [0.717, 1.165) is 6.42 Å².